The van der Waals surface area contributed by atoms with Crippen LogP contribution < -0.4 is 5.32 Å². The summed E-state index contributed by atoms with van der Waals surface area (Å²) in [5.41, 5.74) is 0.982. The second kappa shape index (κ2) is 9.67. The summed E-state index contributed by atoms with van der Waals surface area (Å²) in [4.78, 5) is 12.3. The fourth-order valence-electron chi connectivity index (χ4n) is 2.19. The Morgan fingerprint density at radius 1 is 1.22 bits per heavy atom. The van der Waals surface area contributed by atoms with Crippen molar-refractivity contribution in [1.82, 2.24) is 25.0 Å². The van der Waals surface area contributed by atoms with Crippen molar-refractivity contribution in [3.05, 3.63) is 48.8 Å². The van der Waals surface area contributed by atoms with Gasteiger partial charge in [-0.25, -0.2) is 0 Å². The number of amides is 1. The standard InChI is InChI=1S/C17H18N6OS3/c1-3-10-25-17-22-20-15(27-17)18-14(24)11-26-16-21-19-13(4-2)23(16)12-8-6-5-7-9-12/h3,5-9H,1,4,10-11H2,2H3,(H,18,20,24). The Bertz CT molecular complexity index is 909. The molecule has 2 aromatic heterocycles. The molecule has 0 aliphatic heterocycles. The SMILES string of the molecule is C=CCSc1nnc(NC(=O)CSc2nnc(CC)n2-c2ccccc2)s1. The zero-order chi connectivity index (χ0) is 19.1. The number of anilines is 1. The van der Waals surface area contributed by atoms with Crippen molar-refractivity contribution in [3.63, 3.8) is 0 Å². The molecule has 0 saturated carbocycles. The van der Waals surface area contributed by atoms with E-state index >= 15 is 0 Å². The number of nitrogens with one attached hydrogen (secondary N) is 1. The number of aryl methyl sites for hydroxylation is 1. The Morgan fingerprint density at radius 3 is 2.78 bits per heavy atom. The molecule has 0 aliphatic carbocycles. The maximum absolute atomic E-state index is 12.3. The van der Waals surface area contributed by atoms with Gasteiger partial charge in [0.2, 0.25) is 11.0 Å². The van der Waals surface area contributed by atoms with Gasteiger partial charge < -0.3 is 0 Å². The molecule has 0 atom stereocenters. The number of carbonyl (C=O) groups is 1. The molecule has 10 heteroatoms. The van der Waals surface area contributed by atoms with E-state index in [-0.39, 0.29) is 11.7 Å². The number of rotatable bonds is 9. The van der Waals surface area contributed by atoms with Crippen molar-refractivity contribution in [1.29, 1.82) is 0 Å². The lowest BCUT2D eigenvalue weighted by molar-refractivity contribution is -0.113. The summed E-state index contributed by atoms with van der Waals surface area (Å²) in [6, 6.07) is 9.89. The number of para-hydroxylation sites is 1. The van der Waals surface area contributed by atoms with Crippen molar-refractivity contribution in [2.75, 3.05) is 16.8 Å². The van der Waals surface area contributed by atoms with Crippen LogP contribution in [-0.2, 0) is 11.2 Å². The number of hydrogen-bond acceptors (Lipinski definition) is 8. The minimum atomic E-state index is -0.155. The fraction of sp³-hybridized carbons (Fsp3) is 0.235. The van der Waals surface area contributed by atoms with Crippen LogP contribution in [0.2, 0.25) is 0 Å². The molecule has 0 radical (unpaired) electrons. The van der Waals surface area contributed by atoms with Gasteiger partial charge in [0.05, 0.1) is 5.75 Å². The predicted molar refractivity (Wildman–Crippen MR) is 111 cm³/mol. The highest BCUT2D eigenvalue weighted by Gasteiger charge is 2.15. The number of thioether (sulfide) groups is 2. The monoisotopic (exact) mass is 418 g/mol. The molecule has 7 nitrogen and oxygen atoms in total. The molecule has 3 aromatic rings. The van der Waals surface area contributed by atoms with E-state index in [1.807, 2.05) is 41.8 Å². The molecule has 3 rings (SSSR count). The lowest BCUT2D eigenvalue weighted by Gasteiger charge is -2.08. The third kappa shape index (κ3) is 5.18. The second-order valence-corrected chi connectivity index (χ2v) is 8.42. The van der Waals surface area contributed by atoms with Gasteiger partial charge in [-0.05, 0) is 12.1 Å². The van der Waals surface area contributed by atoms with Crippen LogP contribution in [0.3, 0.4) is 0 Å². The third-order valence-corrected chi connectivity index (χ3v) is 6.24. The number of aromatic nitrogens is 5. The van der Waals surface area contributed by atoms with E-state index in [9.17, 15) is 4.79 Å². The summed E-state index contributed by atoms with van der Waals surface area (Å²) in [5, 5.41) is 20.4. The van der Waals surface area contributed by atoms with Crippen molar-refractivity contribution in [2.24, 2.45) is 0 Å². The van der Waals surface area contributed by atoms with Gasteiger partial charge in [0, 0.05) is 17.9 Å². The van der Waals surface area contributed by atoms with Gasteiger partial charge in [-0.2, -0.15) is 0 Å². The Hall–Kier alpha value is -2.17. The number of carbonyl (C=O) groups excluding carboxylic acids is 1. The summed E-state index contributed by atoms with van der Waals surface area (Å²) in [6.45, 7) is 5.70. The molecule has 0 spiro atoms. The maximum atomic E-state index is 12.3. The highest BCUT2D eigenvalue weighted by Crippen LogP contribution is 2.26. The Kier molecular flexibility index (Phi) is 7.02. The van der Waals surface area contributed by atoms with Crippen LogP contribution in [0.1, 0.15) is 12.7 Å². The van der Waals surface area contributed by atoms with Crippen LogP contribution in [0.5, 0.6) is 0 Å². The molecule has 0 unspecified atom stereocenters. The van der Waals surface area contributed by atoms with Crippen LogP contribution in [-0.4, -0.2) is 42.4 Å². The van der Waals surface area contributed by atoms with Gasteiger partial charge in [-0.15, -0.1) is 27.0 Å². The van der Waals surface area contributed by atoms with Crippen LogP contribution in [0, 0.1) is 0 Å². The second-order valence-electron chi connectivity index (χ2n) is 5.23. The molecule has 27 heavy (non-hydrogen) atoms. The predicted octanol–water partition coefficient (Wildman–Crippen LogP) is 3.69. The topological polar surface area (TPSA) is 85.6 Å². The van der Waals surface area contributed by atoms with Gasteiger partial charge >= 0.3 is 0 Å². The van der Waals surface area contributed by atoms with E-state index in [0.29, 0.717) is 10.3 Å². The van der Waals surface area contributed by atoms with Crippen LogP contribution in [0.25, 0.3) is 5.69 Å². The number of nitrogens with zero attached hydrogens (tertiary/aromatic N) is 5. The van der Waals surface area contributed by atoms with E-state index in [1.54, 1.807) is 6.08 Å². The van der Waals surface area contributed by atoms with E-state index in [0.717, 1.165) is 28.0 Å². The Labute approximate surface area is 169 Å². The van der Waals surface area contributed by atoms with Gasteiger partial charge in [0.15, 0.2) is 9.50 Å². The van der Waals surface area contributed by atoms with E-state index < -0.39 is 0 Å². The first-order valence-electron chi connectivity index (χ1n) is 8.20. The molecule has 2 heterocycles. The fourth-order valence-corrected chi connectivity index (χ4v) is 4.49. The van der Waals surface area contributed by atoms with Crippen LogP contribution in [0.4, 0.5) is 5.13 Å². The minimum absolute atomic E-state index is 0.155. The van der Waals surface area contributed by atoms with Crippen molar-refractivity contribution in [2.45, 2.75) is 22.8 Å². The van der Waals surface area contributed by atoms with E-state index in [2.05, 4.69) is 32.3 Å². The molecule has 1 N–H and O–H groups in total. The van der Waals surface area contributed by atoms with Gasteiger partial charge in [0.1, 0.15) is 5.82 Å². The van der Waals surface area contributed by atoms with Crippen LogP contribution >= 0.6 is 34.9 Å². The normalized spacial score (nSPS) is 10.7. The smallest absolute Gasteiger partial charge is 0.236 e. The minimum Gasteiger partial charge on any atom is -0.300 e. The summed E-state index contributed by atoms with van der Waals surface area (Å²) in [6.07, 6.45) is 2.55. The van der Waals surface area contributed by atoms with E-state index in [1.165, 1.54) is 34.9 Å². The molecular formula is C17H18N6OS3. The Morgan fingerprint density at radius 2 is 2.04 bits per heavy atom. The molecule has 0 bridgehead atoms. The van der Waals surface area contributed by atoms with Crippen LogP contribution in [0.15, 0.2) is 52.5 Å². The summed E-state index contributed by atoms with van der Waals surface area (Å²) < 4.78 is 2.78. The number of hydrogen-bond donors (Lipinski definition) is 1. The zero-order valence-electron chi connectivity index (χ0n) is 14.7. The van der Waals surface area contributed by atoms with Crippen molar-refractivity contribution >= 4 is 45.9 Å². The first-order valence-corrected chi connectivity index (χ1v) is 11.0. The summed E-state index contributed by atoms with van der Waals surface area (Å²) >= 11 is 4.22. The molecule has 140 valence electrons. The van der Waals surface area contributed by atoms with E-state index in [4.69, 9.17) is 0 Å². The summed E-state index contributed by atoms with van der Waals surface area (Å²) in [5.74, 6) is 1.67. The highest BCUT2D eigenvalue weighted by atomic mass is 32.2. The van der Waals surface area contributed by atoms with Gasteiger partial charge in [0.25, 0.3) is 0 Å². The van der Waals surface area contributed by atoms with Gasteiger partial charge in [-0.1, -0.05) is 66.1 Å². The molecule has 0 fully saturated rings. The average molecular weight is 419 g/mol. The largest absolute Gasteiger partial charge is 0.300 e. The lowest BCUT2D eigenvalue weighted by atomic mass is 10.3. The zero-order valence-corrected chi connectivity index (χ0v) is 17.1. The highest BCUT2D eigenvalue weighted by molar-refractivity contribution is 8.01. The molecule has 0 saturated heterocycles. The molecule has 1 aromatic carbocycles. The lowest BCUT2D eigenvalue weighted by Crippen LogP contribution is -2.14. The first kappa shape index (κ1) is 19.6. The molecule has 1 amide bonds. The maximum Gasteiger partial charge on any atom is 0.236 e. The molecule has 0 aliphatic rings. The van der Waals surface area contributed by atoms with Crippen molar-refractivity contribution in [3.8, 4) is 5.69 Å². The van der Waals surface area contributed by atoms with Crippen molar-refractivity contribution < 1.29 is 4.79 Å². The quantitative estimate of drug-likeness (QED) is 0.322. The Balaban J connectivity index is 1.63. The van der Waals surface area contributed by atoms with Gasteiger partial charge in [-0.3, -0.25) is 14.7 Å². The molecular weight excluding hydrogens is 400 g/mol. The average Bonchev–Trinajstić information content (AvgIpc) is 3.31. The third-order valence-electron chi connectivity index (χ3n) is 3.34. The first-order chi connectivity index (χ1) is 13.2. The number of benzene rings is 1. The summed E-state index contributed by atoms with van der Waals surface area (Å²) in [7, 11) is 0.